The van der Waals surface area contributed by atoms with Crippen molar-refractivity contribution in [1.29, 1.82) is 0 Å². The van der Waals surface area contributed by atoms with E-state index in [0.29, 0.717) is 10.8 Å². The van der Waals surface area contributed by atoms with Gasteiger partial charge in [-0.25, -0.2) is 0 Å². The lowest BCUT2D eigenvalue weighted by Crippen LogP contribution is -2.51. The van der Waals surface area contributed by atoms with Crippen LogP contribution in [0.2, 0.25) is 0 Å². The summed E-state index contributed by atoms with van der Waals surface area (Å²) in [6.45, 7) is 9.53. The van der Waals surface area contributed by atoms with Gasteiger partial charge >= 0.3 is 0 Å². The van der Waals surface area contributed by atoms with E-state index in [9.17, 15) is 5.11 Å². The Kier molecular flexibility index (Phi) is 2.95. The predicted molar refractivity (Wildman–Crippen MR) is 79.9 cm³/mol. The Hall–Kier alpha value is -0.300. The van der Waals surface area contributed by atoms with Crippen molar-refractivity contribution in [2.24, 2.45) is 22.7 Å². The maximum Gasteiger partial charge on any atom is 0.0657 e. The van der Waals surface area contributed by atoms with Crippen LogP contribution >= 0.6 is 0 Å². The fourth-order valence-corrected chi connectivity index (χ4v) is 5.70. The van der Waals surface area contributed by atoms with Gasteiger partial charge in [-0.05, 0) is 68.1 Å². The molecule has 0 aromatic rings. The van der Waals surface area contributed by atoms with E-state index < -0.39 is 5.60 Å². The average molecular weight is 262 g/mol. The Bertz CT molecular complexity index is 404. The van der Waals surface area contributed by atoms with Crippen LogP contribution in [-0.4, -0.2) is 10.7 Å². The van der Waals surface area contributed by atoms with E-state index in [-0.39, 0.29) is 0 Å². The lowest BCUT2D eigenvalue weighted by Gasteiger charge is -2.59. The summed E-state index contributed by atoms with van der Waals surface area (Å²) < 4.78 is 0. The molecule has 0 amide bonds. The van der Waals surface area contributed by atoms with Gasteiger partial charge in [-0.3, -0.25) is 0 Å². The minimum absolute atomic E-state index is 0.449. The third kappa shape index (κ3) is 2.09. The first kappa shape index (κ1) is 13.7. The summed E-state index contributed by atoms with van der Waals surface area (Å²) in [7, 11) is 0. The highest BCUT2D eigenvalue weighted by Gasteiger charge is 2.53. The lowest BCUT2D eigenvalue weighted by molar-refractivity contribution is -0.0648. The summed E-state index contributed by atoms with van der Waals surface area (Å²) in [4.78, 5) is 0. The van der Waals surface area contributed by atoms with Crippen molar-refractivity contribution in [2.75, 3.05) is 0 Å². The molecule has 0 unspecified atom stereocenters. The van der Waals surface area contributed by atoms with E-state index in [4.69, 9.17) is 0 Å². The van der Waals surface area contributed by atoms with Gasteiger partial charge in [0.25, 0.3) is 0 Å². The zero-order valence-electron chi connectivity index (χ0n) is 13.1. The molecule has 4 atom stereocenters. The molecule has 3 aliphatic rings. The van der Waals surface area contributed by atoms with Crippen molar-refractivity contribution in [3.05, 3.63) is 11.6 Å². The Morgan fingerprint density at radius 3 is 2.58 bits per heavy atom. The van der Waals surface area contributed by atoms with Gasteiger partial charge in [0.15, 0.2) is 0 Å². The number of hydrogen-bond donors (Lipinski definition) is 1. The van der Waals surface area contributed by atoms with Gasteiger partial charge in [0.2, 0.25) is 0 Å². The third-order valence-corrected chi connectivity index (χ3v) is 6.69. The molecule has 0 bridgehead atoms. The molecule has 0 heterocycles. The fraction of sp³-hybridized carbons (Fsp3) is 0.889. The Morgan fingerprint density at radius 1 is 1.11 bits per heavy atom. The molecule has 0 radical (unpaired) electrons. The fourth-order valence-electron chi connectivity index (χ4n) is 5.70. The van der Waals surface area contributed by atoms with E-state index in [1.54, 1.807) is 5.57 Å². The van der Waals surface area contributed by atoms with Crippen molar-refractivity contribution in [2.45, 2.75) is 78.2 Å². The first-order valence-corrected chi connectivity index (χ1v) is 8.16. The highest BCUT2D eigenvalue weighted by Crippen LogP contribution is 2.62. The van der Waals surface area contributed by atoms with Gasteiger partial charge in [-0.1, -0.05) is 38.8 Å². The van der Waals surface area contributed by atoms with Gasteiger partial charge in [-0.2, -0.15) is 0 Å². The van der Waals surface area contributed by atoms with Gasteiger partial charge in [0.1, 0.15) is 0 Å². The standard InChI is InChI=1S/C18H30O/c1-16(2)9-5-10-18(4)14-8-11-17(3,19)12-13(14)6-7-15(16)18/h6,14-15,19H,5,7-12H2,1-4H3/t14-,15+,17+,18+/m0/s1. The van der Waals surface area contributed by atoms with Crippen LogP contribution in [0.3, 0.4) is 0 Å². The molecule has 3 aliphatic carbocycles. The summed E-state index contributed by atoms with van der Waals surface area (Å²) >= 11 is 0. The van der Waals surface area contributed by atoms with Crippen LogP contribution in [0.1, 0.15) is 72.6 Å². The molecule has 0 aromatic carbocycles. The van der Waals surface area contributed by atoms with E-state index in [2.05, 4.69) is 26.8 Å². The summed E-state index contributed by atoms with van der Waals surface area (Å²) in [5.41, 5.74) is 2.11. The number of fused-ring (bicyclic) bond motifs is 3. The number of allylic oxidation sites excluding steroid dienone is 1. The average Bonchev–Trinajstić information content (AvgIpc) is 2.25. The van der Waals surface area contributed by atoms with E-state index >= 15 is 0 Å². The van der Waals surface area contributed by atoms with Gasteiger partial charge in [-0.15, -0.1) is 0 Å². The lowest BCUT2D eigenvalue weighted by atomic mass is 9.46. The Labute approximate surface area is 118 Å². The van der Waals surface area contributed by atoms with Gasteiger partial charge in [0, 0.05) is 0 Å². The molecule has 1 nitrogen and oxygen atoms in total. The predicted octanol–water partition coefficient (Wildman–Crippen LogP) is 4.70. The summed E-state index contributed by atoms with van der Waals surface area (Å²) in [5.74, 6) is 1.58. The first-order valence-electron chi connectivity index (χ1n) is 8.16. The third-order valence-electron chi connectivity index (χ3n) is 6.69. The number of rotatable bonds is 0. The molecule has 0 aromatic heterocycles. The van der Waals surface area contributed by atoms with Crippen molar-refractivity contribution in [1.82, 2.24) is 0 Å². The second kappa shape index (κ2) is 4.10. The highest BCUT2D eigenvalue weighted by molar-refractivity contribution is 5.23. The molecule has 19 heavy (non-hydrogen) atoms. The number of aliphatic hydroxyl groups is 1. The van der Waals surface area contributed by atoms with Crippen molar-refractivity contribution < 1.29 is 5.11 Å². The summed E-state index contributed by atoms with van der Waals surface area (Å²) in [5, 5.41) is 10.4. The quantitative estimate of drug-likeness (QED) is 0.627. The molecule has 1 heteroatoms. The van der Waals surface area contributed by atoms with Crippen LogP contribution < -0.4 is 0 Å². The second-order valence-electron chi connectivity index (χ2n) is 8.68. The Balaban J connectivity index is 1.95. The molecule has 0 saturated heterocycles. The maximum absolute atomic E-state index is 10.4. The van der Waals surface area contributed by atoms with Crippen LogP contribution in [0.15, 0.2) is 11.6 Å². The van der Waals surface area contributed by atoms with Crippen molar-refractivity contribution >= 4 is 0 Å². The minimum Gasteiger partial charge on any atom is -0.390 e. The van der Waals surface area contributed by atoms with E-state index in [1.165, 1.54) is 32.1 Å². The Morgan fingerprint density at radius 2 is 1.84 bits per heavy atom. The van der Waals surface area contributed by atoms with Crippen LogP contribution in [0.5, 0.6) is 0 Å². The zero-order chi connectivity index (χ0) is 13.9. The van der Waals surface area contributed by atoms with Crippen LogP contribution in [0.25, 0.3) is 0 Å². The van der Waals surface area contributed by atoms with Crippen molar-refractivity contribution in [3.63, 3.8) is 0 Å². The van der Waals surface area contributed by atoms with Gasteiger partial charge < -0.3 is 5.11 Å². The van der Waals surface area contributed by atoms with E-state index in [0.717, 1.165) is 24.7 Å². The second-order valence-corrected chi connectivity index (χ2v) is 8.68. The number of hydrogen-bond acceptors (Lipinski definition) is 1. The molecular weight excluding hydrogens is 232 g/mol. The molecule has 2 saturated carbocycles. The van der Waals surface area contributed by atoms with Gasteiger partial charge in [0.05, 0.1) is 5.60 Å². The monoisotopic (exact) mass is 262 g/mol. The summed E-state index contributed by atoms with van der Waals surface area (Å²) in [6.07, 6.45) is 11.0. The molecule has 3 rings (SSSR count). The molecule has 1 N–H and O–H groups in total. The minimum atomic E-state index is -0.449. The SMILES string of the molecule is CC1(C)CCC[C@@]2(C)[C@@H]1CC=C1C[C@](C)(O)CC[C@@H]12. The molecule has 108 valence electrons. The maximum atomic E-state index is 10.4. The topological polar surface area (TPSA) is 20.2 Å². The molecule has 2 fully saturated rings. The van der Waals surface area contributed by atoms with Crippen LogP contribution in [0, 0.1) is 22.7 Å². The first-order chi connectivity index (χ1) is 8.75. The van der Waals surface area contributed by atoms with Crippen LogP contribution in [-0.2, 0) is 0 Å². The van der Waals surface area contributed by atoms with Crippen LogP contribution in [0.4, 0.5) is 0 Å². The normalized spacial score (nSPS) is 49.0. The molecular formula is C18H30O. The largest absolute Gasteiger partial charge is 0.390 e. The molecule has 0 aliphatic heterocycles. The smallest absolute Gasteiger partial charge is 0.0657 e. The molecule has 0 spiro atoms. The van der Waals surface area contributed by atoms with Crippen molar-refractivity contribution in [3.8, 4) is 0 Å². The zero-order valence-corrected chi connectivity index (χ0v) is 13.1. The van der Waals surface area contributed by atoms with E-state index in [1.807, 2.05) is 6.92 Å². The highest BCUT2D eigenvalue weighted by atomic mass is 16.3. The summed E-state index contributed by atoms with van der Waals surface area (Å²) in [6, 6.07) is 0.